The van der Waals surface area contributed by atoms with E-state index in [0.717, 1.165) is 11.0 Å². The molecule has 0 unspecified atom stereocenters. The molecule has 1 heterocycles. The van der Waals surface area contributed by atoms with Crippen molar-refractivity contribution in [2.24, 2.45) is 0 Å². The van der Waals surface area contributed by atoms with Crippen molar-refractivity contribution in [1.29, 1.82) is 0 Å². The van der Waals surface area contributed by atoms with Crippen molar-refractivity contribution in [2.75, 3.05) is 6.61 Å². The van der Waals surface area contributed by atoms with Crippen LogP contribution in [-0.4, -0.2) is 37.7 Å². The molecule has 8 heteroatoms. The number of hydrogen-bond acceptors (Lipinski definition) is 6. The molecule has 0 spiro atoms. The fourth-order valence-electron chi connectivity index (χ4n) is 2.16. The molecule has 0 saturated carbocycles. The average Bonchev–Trinajstić information content (AvgIpc) is 2.96. The molecule has 0 radical (unpaired) electrons. The van der Waals surface area contributed by atoms with Gasteiger partial charge in [0.2, 0.25) is 0 Å². The first kappa shape index (κ1) is 14.9. The van der Waals surface area contributed by atoms with Gasteiger partial charge >= 0.3 is 0 Å². The molecule has 3 aromatic rings. The summed E-state index contributed by atoms with van der Waals surface area (Å²) in [4.78, 5) is 10.1. The van der Waals surface area contributed by atoms with Crippen molar-refractivity contribution in [3.63, 3.8) is 0 Å². The molecule has 0 bridgehead atoms. The van der Waals surface area contributed by atoms with Gasteiger partial charge in [0.25, 0.3) is 5.69 Å². The molecule has 1 aromatic heterocycles. The van der Waals surface area contributed by atoms with E-state index in [1.165, 1.54) is 24.3 Å². The van der Waals surface area contributed by atoms with E-state index in [-0.39, 0.29) is 18.8 Å². The smallest absolute Gasteiger partial charge is 0.269 e. The van der Waals surface area contributed by atoms with Crippen LogP contribution in [0.1, 0.15) is 0 Å². The number of aromatic nitrogens is 3. The summed E-state index contributed by atoms with van der Waals surface area (Å²) in [7, 11) is 0. The standard InChI is InChI=1S/C15H14N4O4/c20-12(9-18-15-4-2-1-3-14(15)16-17-18)10-23-13-7-5-11(6-8-13)19(21)22/h1-8,12,20H,9-10H2/t12-/m0/s1. The minimum Gasteiger partial charge on any atom is -0.491 e. The number of nitrogens with zero attached hydrogens (tertiary/aromatic N) is 4. The van der Waals surface area contributed by atoms with Crippen LogP contribution in [0.15, 0.2) is 48.5 Å². The lowest BCUT2D eigenvalue weighted by Crippen LogP contribution is -2.24. The van der Waals surface area contributed by atoms with E-state index in [1.54, 1.807) is 4.68 Å². The third-order valence-corrected chi connectivity index (χ3v) is 3.29. The van der Waals surface area contributed by atoms with Crippen molar-refractivity contribution in [1.82, 2.24) is 15.0 Å². The predicted molar refractivity (Wildman–Crippen MR) is 82.1 cm³/mol. The Balaban J connectivity index is 1.59. The summed E-state index contributed by atoms with van der Waals surface area (Å²) in [5.74, 6) is 0.457. The van der Waals surface area contributed by atoms with Crippen LogP contribution in [0.25, 0.3) is 11.0 Å². The first-order chi connectivity index (χ1) is 11.1. The van der Waals surface area contributed by atoms with Gasteiger partial charge in [-0.15, -0.1) is 5.10 Å². The molecule has 0 aliphatic carbocycles. The van der Waals surface area contributed by atoms with Gasteiger partial charge in [-0.1, -0.05) is 17.3 Å². The van der Waals surface area contributed by atoms with E-state index >= 15 is 0 Å². The lowest BCUT2D eigenvalue weighted by atomic mass is 10.3. The Morgan fingerprint density at radius 1 is 1.22 bits per heavy atom. The number of non-ortho nitro benzene ring substituents is 1. The molecule has 8 nitrogen and oxygen atoms in total. The molecule has 118 valence electrons. The number of benzene rings is 2. The summed E-state index contributed by atoms with van der Waals surface area (Å²) in [6.07, 6.45) is -0.782. The van der Waals surface area contributed by atoms with Crippen molar-refractivity contribution in [3.8, 4) is 5.75 Å². The first-order valence-electron chi connectivity index (χ1n) is 6.97. The number of aliphatic hydroxyl groups excluding tert-OH is 1. The molecule has 0 saturated heterocycles. The van der Waals surface area contributed by atoms with Crippen LogP contribution in [0.3, 0.4) is 0 Å². The van der Waals surface area contributed by atoms with Crippen molar-refractivity contribution >= 4 is 16.7 Å². The van der Waals surface area contributed by atoms with Gasteiger partial charge in [0, 0.05) is 12.1 Å². The molecule has 1 atom stereocenters. The van der Waals surface area contributed by atoms with Gasteiger partial charge in [0.05, 0.1) is 17.0 Å². The summed E-state index contributed by atoms with van der Waals surface area (Å²) < 4.78 is 7.04. The Bertz CT molecular complexity index is 816. The van der Waals surface area contributed by atoms with Gasteiger partial charge in [0.1, 0.15) is 24.0 Å². The number of nitro groups is 1. The highest BCUT2D eigenvalue weighted by atomic mass is 16.6. The van der Waals surface area contributed by atoms with E-state index in [9.17, 15) is 15.2 Å². The van der Waals surface area contributed by atoms with E-state index in [0.29, 0.717) is 5.75 Å². The number of ether oxygens (including phenoxy) is 1. The molecule has 1 N–H and O–H groups in total. The second kappa shape index (κ2) is 6.41. The Morgan fingerprint density at radius 3 is 2.70 bits per heavy atom. The van der Waals surface area contributed by atoms with E-state index in [4.69, 9.17) is 4.74 Å². The second-order valence-corrected chi connectivity index (χ2v) is 4.98. The monoisotopic (exact) mass is 314 g/mol. The molecular formula is C15H14N4O4. The quantitative estimate of drug-likeness (QED) is 0.549. The lowest BCUT2D eigenvalue weighted by Gasteiger charge is -2.12. The first-order valence-corrected chi connectivity index (χ1v) is 6.97. The van der Waals surface area contributed by atoms with Gasteiger partial charge < -0.3 is 9.84 Å². The maximum absolute atomic E-state index is 10.6. The molecule has 0 aliphatic rings. The highest BCUT2D eigenvalue weighted by Crippen LogP contribution is 2.17. The SMILES string of the molecule is O=[N+]([O-])c1ccc(OC[C@@H](O)Cn2nnc3ccccc32)cc1. The fourth-order valence-corrected chi connectivity index (χ4v) is 2.16. The van der Waals surface area contributed by atoms with Crippen molar-refractivity contribution in [3.05, 3.63) is 58.6 Å². The Morgan fingerprint density at radius 2 is 1.96 bits per heavy atom. The van der Waals surface area contributed by atoms with Crippen LogP contribution >= 0.6 is 0 Å². The zero-order valence-electron chi connectivity index (χ0n) is 12.1. The normalized spacial score (nSPS) is 12.2. The third kappa shape index (κ3) is 3.43. The second-order valence-electron chi connectivity index (χ2n) is 4.98. The Labute approximate surface area is 131 Å². The molecule has 23 heavy (non-hydrogen) atoms. The fraction of sp³-hybridized carbons (Fsp3) is 0.200. The Kier molecular flexibility index (Phi) is 4.15. The van der Waals surface area contributed by atoms with E-state index in [2.05, 4.69) is 10.3 Å². The van der Waals surface area contributed by atoms with E-state index in [1.807, 2.05) is 24.3 Å². The van der Waals surface area contributed by atoms with Crippen LogP contribution in [0.2, 0.25) is 0 Å². The molecule has 0 fully saturated rings. The van der Waals surface area contributed by atoms with Gasteiger partial charge in [0.15, 0.2) is 0 Å². The summed E-state index contributed by atoms with van der Waals surface area (Å²) in [5, 5.41) is 28.6. The summed E-state index contributed by atoms with van der Waals surface area (Å²) >= 11 is 0. The summed E-state index contributed by atoms with van der Waals surface area (Å²) in [6, 6.07) is 13.2. The molecule has 3 rings (SSSR count). The highest BCUT2D eigenvalue weighted by molar-refractivity contribution is 5.73. The maximum atomic E-state index is 10.6. The number of fused-ring (bicyclic) bond motifs is 1. The minimum absolute atomic E-state index is 0.00742. The van der Waals surface area contributed by atoms with Crippen molar-refractivity contribution < 1.29 is 14.8 Å². The van der Waals surface area contributed by atoms with Crippen LogP contribution in [0.4, 0.5) is 5.69 Å². The summed E-state index contributed by atoms with van der Waals surface area (Å²) in [5.41, 5.74) is 1.59. The topological polar surface area (TPSA) is 103 Å². The zero-order valence-corrected chi connectivity index (χ0v) is 12.1. The predicted octanol–water partition coefficient (Wildman–Crippen LogP) is 1.78. The minimum atomic E-state index is -0.782. The van der Waals surface area contributed by atoms with Crippen LogP contribution in [-0.2, 0) is 6.54 Å². The van der Waals surface area contributed by atoms with Crippen molar-refractivity contribution in [2.45, 2.75) is 12.6 Å². The zero-order chi connectivity index (χ0) is 16.2. The largest absolute Gasteiger partial charge is 0.491 e. The van der Waals surface area contributed by atoms with Crippen LogP contribution in [0.5, 0.6) is 5.75 Å². The number of aliphatic hydroxyl groups is 1. The molecule has 0 amide bonds. The maximum Gasteiger partial charge on any atom is 0.269 e. The highest BCUT2D eigenvalue weighted by Gasteiger charge is 2.11. The third-order valence-electron chi connectivity index (χ3n) is 3.29. The average molecular weight is 314 g/mol. The number of nitro benzene ring substituents is 1. The number of rotatable bonds is 6. The molecule has 0 aliphatic heterocycles. The lowest BCUT2D eigenvalue weighted by molar-refractivity contribution is -0.384. The van der Waals surface area contributed by atoms with Gasteiger partial charge in [-0.25, -0.2) is 4.68 Å². The Hall–Kier alpha value is -3.00. The molecular weight excluding hydrogens is 300 g/mol. The molecule has 2 aromatic carbocycles. The summed E-state index contributed by atoms with van der Waals surface area (Å²) in [6.45, 7) is 0.291. The number of para-hydroxylation sites is 1. The number of hydrogen-bond donors (Lipinski definition) is 1. The van der Waals surface area contributed by atoms with Gasteiger partial charge in [-0.3, -0.25) is 10.1 Å². The van der Waals surface area contributed by atoms with E-state index < -0.39 is 11.0 Å². The van der Waals surface area contributed by atoms with Crippen LogP contribution in [0, 0.1) is 10.1 Å². The van der Waals surface area contributed by atoms with Gasteiger partial charge in [-0.05, 0) is 24.3 Å². The van der Waals surface area contributed by atoms with Crippen LogP contribution < -0.4 is 4.74 Å². The van der Waals surface area contributed by atoms with Gasteiger partial charge in [-0.2, -0.15) is 0 Å².